The quantitative estimate of drug-likeness (QED) is 0.440. The fraction of sp³-hybridized carbons (Fsp3) is 0.481. The normalized spacial score (nSPS) is 20.2. The summed E-state index contributed by atoms with van der Waals surface area (Å²) >= 11 is 0. The van der Waals surface area contributed by atoms with E-state index in [2.05, 4.69) is 50.4 Å². The van der Waals surface area contributed by atoms with E-state index in [1.165, 1.54) is 12.8 Å². The number of aliphatic hydroxyl groups excluding tert-OH is 1. The first-order valence-electron chi connectivity index (χ1n) is 13.0. The lowest BCUT2D eigenvalue weighted by Gasteiger charge is -2.27. The van der Waals surface area contributed by atoms with E-state index in [0.717, 1.165) is 69.5 Å². The summed E-state index contributed by atoms with van der Waals surface area (Å²) in [7, 11) is 1.92. The van der Waals surface area contributed by atoms with Crippen molar-refractivity contribution in [3.8, 4) is 17.1 Å². The first kappa shape index (κ1) is 23.9. The Morgan fingerprint density at radius 2 is 2.03 bits per heavy atom. The van der Waals surface area contributed by atoms with Crippen molar-refractivity contribution in [1.82, 2.24) is 39.6 Å². The number of pyridine rings is 1. The van der Waals surface area contributed by atoms with Crippen LogP contribution in [0.1, 0.15) is 61.1 Å². The summed E-state index contributed by atoms with van der Waals surface area (Å²) in [6, 6.07) is 2.48. The molecule has 4 aromatic rings. The molecule has 0 aromatic carbocycles. The molecule has 4 aromatic heterocycles. The smallest absolute Gasteiger partial charge is 0.221 e. The zero-order chi connectivity index (χ0) is 25.8. The topological polar surface area (TPSA) is 110 Å². The van der Waals surface area contributed by atoms with Gasteiger partial charge in [-0.05, 0) is 58.8 Å². The summed E-state index contributed by atoms with van der Waals surface area (Å²) in [5, 5.41) is 28.0. The third-order valence-electron chi connectivity index (χ3n) is 7.43. The van der Waals surface area contributed by atoms with Gasteiger partial charge >= 0.3 is 0 Å². The van der Waals surface area contributed by atoms with E-state index in [4.69, 9.17) is 9.72 Å². The van der Waals surface area contributed by atoms with Crippen molar-refractivity contribution in [3.05, 3.63) is 40.6 Å². The molecule has 1 aliphatic carbocycles. The van der Waals surface area contributed by atoms with Gasteiger partial charge < -0.3 is 9.84 Å². The molecular weight excluding hydrogens is 468 g/mol. The maximum absolute atomic E-state index is 9.90. The number of hydrogen-bond acceptors (Lipinski definition) is 7. The minimum Gasteiger partial charge on any atom is -0.473 e. The summed E-state index contributed by atoms with van der Waals surface area (Å²) < 4.78 is 10.4. The van der Waals surface area contributed by atoms with E-state index in [9.17, 15) is 5.11 Å². The van der Waals surface area contributed by atoms with Crippen LogP contribution in [-0.4, -0.2) is 70.0 Å². The molecule has 194 valence electrons. The van der Waals surface area contributed by atoms with Crippen LogP contribution in [-0.2, 0) is 13.6 Å². The van der Waals surface area contributed by atoms with E-state index in [0.29, 0.717) is 6.04 Å². The van der Waals surface area contributed by atoms with Crippen LogP contribution in [0.25, 0.3) is 34.3 Å². The van der Waals surface area contributed by atoms with Gasteiger partial charge in [0.2, 0.25) is 5.88 Å². The summed E-state index contributed by atoms with van der Waals surface area (Å²) in [4.78, 5) is 7.38. The van der Waals surface area contributed by atoms with E-state index < -0.39 is 0 Å². The molecule has 10 nitrogen and oxygen atoms in total. The Hall–Kier alpha value is -3.50. The SMILES string of the molecule is Cc1nn(C)c2c1-c1cc3c([nH]nc3c(C)n1)/C=C/c1cnn([C@@H](C)CO)c1CN(C1CC1)C[C@H](C)O2. The molecule has 10 heteroatoms. The van der Waals surface area contributed by atoms with Crippen molar-refractivity contribution < 1.29 is 9.84 Å². The van der Waals surface area contributed by atoms with Crippen LogP contribution in [0.15, 0.2) is 12.3 Å². The zero-order valence-electron chi connectivity index (χ0n) is 22.1. The first-order valence-corrected chi connectivity index (χ1v) is 13.0. The predicted molar refractivity (Wildman–Crippen MR) is 142 cm³/mol. The number of fused-ring (bicyclic) bond motifs is 4. The van der Waals surface area contributed by atoms with Gasteiger partial charge in [0, 0.05) is 37.1 Å². The standard InChI is InChI=1S/C27H34N8O2/c1-15(14-36)35-24-13-34(20-7-8-20)12-16(2)37-27-25(17(3)32-33(27)5)23-10-21-22(9-6-19(24)11-28-35)30-31-26(21)18(4)29-23/h6,9-11,15-16,20,36H,7-8,12-14H2,1-5H3,(H,30,31)/b9-6+/t15-,16-/m0/s1. The fourth-order valence-electron chi connectivity index (χ4n) is 5.38. The van der Waals surface area contributed by atoms with Crippen molar-refractivity contribution in [2.24, 2.45) is 7.05 Å². The van der Waals surface area contributed by atoms with Gasteiger partial charge in [0.1, 0.15) is 11.6 Å². The molecule has 2 bridgehead atoms. The van der Waals surface area contributed by atoms with Crippen LogP contribution < -0.4 is 4.74 Å². The number of aromatic amines is 1. The molecule has 0 amide bonds. The van der Waals surface area contributed by atoms with Crippen LogP contribution in [0.2, 0.25) is 0 Å². The third-order valence-corrected chi connectivity index (χ3v) is 7.43. The zero-order valence-corrected chi connectivity index (χ0v) is 22.1. The van der Waals surface area contributed by atoms with Gasteiger partial charge in [-0.25, -0.2) is 4.68 Å². The van der Waals surface area contributed by atoms with Crippen molar-refractivity contribution in [2.75, 3.05) is 13.2 Å². The van der Waals surface area contributed by atoms with Crippen molar-refractivity contribution >= 4 is 23.1 Å². The molecule has 0 saturated heterocycles. The second-order valence-corrected chi connectivity index (χ2v) is 10.5. The molecule has 2 aliphatic rings. The Bertz CT molecular complexity index is 1490. The molecule has 6 rings (SSSR count). The third kappa shape index (κ3) is 4.23. The van der Waals surface area contributed by atoms with Crippen LogP contribution in [0, 0.1) is 13.8 Å². The van der Waals surface area contributed by atoms with E-state index in [1.807, 2.05) is 43.4 Å². The molecule has 5 heterocycles. The minimum absolute atomic E-state index is 0.0314. The summed E-state index contributed by atoms with van der Waals surface area (Å²) in [6.07, 6.45) is 8.33. The Labute approximate surface area is 215 Å². The van der Waals surface area contributed by atoms with Gasteiger partial charge in [-0.2, -0.15) is 15.3 Å². The highest BCUT2D eigenvalue weighted by atomic mass is 16.5. The largest absolute Gasteiger partial charge is 0.473 e. The number of ether oxygens (including phenoxy) is 1. The molecule has 0 spiro atoms. The first-order chi connectivity index (χ1) is 17.8. The summed E-state index contributed by atoms with van der Waals surface area (Å²) in [6.45, 7) is 9.62. The number of aryl methyl sites for hydroxylation is 3. The lowest BCUT2D eigenvalue weighted by molar-refractivity contribution is 0.124. The predicted octanol–water partition coefficient (Wildman–Crippen LogP) is 3.64. The highest BCUT2D eigenvalue weighted by Gasteiger charge is 2.32. The van der Waals surface area contributed by atoms with Crippen molar-refractivity contribution in [1.29, 1.82) is 0 Å². The number of nitrogens with zero attached hydrogens (tertiary/aromatic N) is 7. The van der Waals surface area contributed by atoms with Crippen LogP contribution in [0.4, 0.5) is 0 Å². The van der Waals surface area contributed by atoms with Gasteiger partial charge in [0.05, 0.1) is 52.9 Å². The molecule has 1 fully saturated rings. The minimum atomic E-state index is -0.113. The summed E-state index contributed by atoms with van der Waals surface area (Å²) in [5.41, 5.74) is 7.34. The van der Waals surface area contributed by atoms with Gasteiger partial charge in [-0.1, -0.05) is 0 Å². The lowest BCUT2D eigenvalue weighted by atomic mass is 10.1. The monoisotopic (exact) mass is 502 g/mol. The second kappa shape index (κ2) is 9.11. The molecule has 2 atom stereocenters. The molecule has 1 aliphatic heterocycles. The van der Waals surface area contributed by atoms with Gasteiger partial charge in [0.15, 0.2) is 0 Å². The van der Waals surface area contributed by atoms with Gasteiger partial charge in [-0.15, -0.1) is 0 Å². The lowest BCUT2D eigenvalue weighted by Crippen LogP contribution is -2.36. The van der Waals surface area contributed by atoms with Gasteiger partial charge in [-0.3, -0.25) is 19.7 Å². The average molecular weight is 503 g/mol. The number of rotatable bonds is 3. The molecule has 37 heavy (non-hydrogen) atoms. The number of aliphatic hydroxyl groups is 1. The molecule has 0 unspecified atom stereocenters. The molecular formula is C27H34N8O2. The Kier molecular flexibility index (Phi) is 5.88. The Morgan fingerprint density at radius 3 is 2.78 bits per heavy atom. The number of aromatic nitrogens is 7. The van der Waals surface area contributed by atoms with Crippen molar-refractivity contribution in [3.63, 3.8) is 0 Å². The average Bonchev–Trinajstić information content (AvgIpc) is 3.42. The van der Waals surface area contributed by atoms with Crippen LogP contribution in [0.5, 0.6) is 5.88 Å². The molecule has 2 N–H and O–H groups in total. The second-order valence-electron chi connectivity index (χ2n) is 10.5. The highest BCUT2D eigenvalue weighted by molar-refractivity contribution is 5.93. The van der Waals surface area contributed by atoms with E-state index in [-0.39, 0.29) is 18.8 Å². The van der Waals surface area contributed by atoms with Gasteiger partial charge in [0.25, 0.3) is 0 Å². The number of hydrogen-bond donors (Lipinski definition) is 2. The maximum atomic E-state index is 9.90. The molecule has 0 radical (unpaired) electrons. The Balaban J connectivity index is 1.54. The van der Waals surface area contributed by atoms with E-state index >= 15 is 0 Å². The Morgan fingerprint density at radius 1 is 1.22 bits per heavy atom. The summed E-state index contributed by atoms with van der Waals surface area (Å²) in [5.74, 6) is 0.724. The highest BCUT2D eigenvalue weighted by Crippen LogP contribution is 2.36. The van der Waals surface area contributed by atoms with Crippen LogP contribution in [0.3, 0.4) is 0 Å². The van der Waals surface area contributed by atoms with Crippen LogP contribution >= 0.6 is 0 Å². The number of nitrogens with one attached hydrogen (secondary N) is 1. The van der Waals surface area contributed by atoms with E-state index in [1.54, 1.807) is 0 Å². The van der Waals surface area contributed by atoms with Crippen molar-refractivity contribution in [2.45, 2.75) is 65.3 Å². The fourth-order valence-corrected chi connectivity index (χ4v) is 5.38. The number of H-pyrrole nitrogens is 1. The maximum Gasteiger partial charge on any atom is 0.221 e. The molecule has 1 saturated carbocycles.